The molecule has 29 heavy (non-hydrogen) atoms. The van der Waals surface area contributed by atoms with Gasteiger partial charge in [-0.3, -0.25) is 9.69 Å². The second kappa shape index (κ2) is 8.60. The number of anilines is 1. The van der Waals surface area contributed by atoms with Crippen LogP contribution in [-0.4, -0.2) is 40.1 Å². The SMILES string of the molecule is COCC(=O)N(C)c1nc(-c2ccc(Cl)cc2)c(-c2ccc(S(N)(=O)=O)cc2)s1. The van der Waals surface area contributed by atoms with Crippen molar-refractivity contribution in [2.24, 2.45) is 5.14 Å². The molecule has 2 aromatic carbocycles. The molecule has 1 aromatic heterocycles. The van der Waals surface area contributed by atoms with Gasteiger partial charge < -0.3 is 4.74 Å². The number of nitrogens with zero attached hydrogens (tertiary/aromatic N) is 2. The number of hydrogen-bond acceptors (Lipinski definition) is 6. The van der Waals surface area contributed by atoms with Crippen LogP contribution in [0, 0.1) is 0 Å². The van der Waals surface area contributed by atoms with Crippen molar-refractivity contribution >= 4 is 44.0 Å². The zero-order valence-electron chi connectivity index (χ0n) is 15.6. The van der Waals surface area contributed by atoms with Crippen molar-refractivity contribution < 1.29 is 17.9 Å². The number of primary sulfonamides is 1. The lowest BCUT2D eigenvalue weighted by atomic mass is 10.1. The maximum Gasteiger partial charge on any atom is 0.254 e. The highest BCUT2D eigenvalue weighted by Crippen LogP contribution is 2.40. The molecule has 0 aliphatic heterocycles. The number of rotatable bonds is 6. The molecule has 0 aliphatic rings. The molecule has 0 unspecified atom stereocenters. The second-order valence-corrected chi connectivity index (χ2v) is 9.11. The molecule has 0 saturated heterocycles. The average Bonchev–Trinajstić information content (AvgIpc) is 3.13. The van der Waals surface area contributed by atoms with Gasteiger partial charge in [-0.2, -0.15) is 0 Å². The lowest BCUT2D eigenvalue weighted by molar-refractivity contribution is -0.121. The number of hydrogen-bond donors (Lipinski definition) is 1. The van der Waals surface area contributed by atoms with E-state index < -0.39 is 10.0 Å². The van der Waals surface area contributed by atoms with Gasteiger partial charge in [0.1, 0.15) is 6.61 Å². The van der Waals surface area contributed by atoms with Crippen LogP contribution in [0.3, 0.4) is 0 Å². The van der Waals surface area contributed by atoms with Gasteiger partial charge in [0.05, 0.1) is 15.5 Å². The molecule has 3 aromatic rings. The monoisotopic (exact) mass is 451 g/mol. The predicted molar refractivity (Wildman–Crippen MR) is 115 cm³/mol. The van der Waals surface area contributed by atoms with Crippen LogP contribution in [0.2, 0.25) is 5.02 Å². The van der Waals surface area contributed by atoms with E-state index in [0.29, 0.717) is 15.8 Å². The number of thiazole rings is 1. The highest BCUT2D eigenvalue weighted by molar-refractivity contribution is 7.89. The third-order valence-electron chi connectivity index (χ3n) is 4.11. The second-order valence-electron chi connectivity index (χ2n) is 6.14. The Hall–Kier alpha value is -2.30. The minimum Gasteiger partial charge on any atom is -0.375 e. The number of methoxy groups -OCH3 is 1. The van der Waals surface area contributed by atoms with Crippen LogP contribution in [0.5, 0.6) is 0 Å². The zero-order valence-corrected chi connectivity index (χ0v) is 18.0. The molecule has 3 rings (SSSR count). The van der Waals surface area contributed by atoms with E-state index in [4.69, 9.17) is 21.5 Å². The Morgan fingerprint density at radius 3 is 2.28 bits per heavy atom. The summed E-state index contributed by atoms with van der Waals surface area (Å²) in [6, 6.07) is 13.4. The first-order valence-corrected chi connectivity index (χ1v) is 11.1. The molecule has 0 saturated carbocycles. The van der Waals surface area contributed by atoms with E-state index in [9.17, 15) is 13.2 Å². The van der Waals surface area contributed by atoms with Crippen molar-refractivity contribution in [3.05, 3.63) is 53.6 Å². The molecule has 0 aliphatic carbocycles. The number of aromatic nitrogens is 1. The van der Waals surface area contributed by atoms with Gasteiger partial charge in [0.15, 0.2) is 5.13 Å². The zero-order chi connectivity index (χ0) is 21.2. The fraction of sp³-hybridized carbons (Fsp3) is 0.158. The third kappa shape index (κ3) is 4.82. The van der Waals surface area contributed by atoms with Crippen molar-refractivity contribution in [3.63, 3.8) is 0 Å². The highest BCUT2D eigenvalue weighted by atomic mass is 35.5. The van der Waals surface area contributed by atoms with Gasteiger partial charge in [0.2, 0.25) is 10.0 Å². The van der Waals surface area contributed by atoms with Gasteiger partial charge in [-0.05, 0) is 29.8 Å². The number of sulfonamides is 1. The number of likely N-dealkylation sites (N-methyl/N-ethyl adjacent to an activating group) is 1. The van der Waals surface area contributed by atoms with E-state index in [2.05, 4.69) is 4.98 Å². The van der Waals surface area contributed by atoms with Crippen molar-refractivity contribution in [3.8, 4) is 21.7 Å². The Labute approximate surface area is 177 Å². The summed E-state index contributed by atoms with van der Waals surface area (Å²) in [5.41, 5.74) is 2.22. The molecular formula is C19H18ClN3O4S2. The van der Waals surface area contributed by atoms with Gasteiger partial charge >= 0.3 is 0 Å². The fourth-order valence-corrected chi connectivity index (χ4v) is 4.29. The molecule has 152 valence electrons. The summed E-state index contributed by atoms with van der Waals surface area (Å²) < 4.78 is 28.0. The van der Waals surface area contributed by atoms with Gasteiger partial charge in [-0.25, -0.2) is 18.5 Å². The van der Waals surface area contributed by atoms with Crippen LogP contribution >= 0.6 is 22.9 Å². The molecule has 1 amide bonds. The molecular weight excluding hydrogens is 434 g/mol. The van der Waals surface area contributed by atoms with Gasteiger partial charge in [0, 0.05) is 24.7 Å². The normalized spacial score (nSPS) is 11.4. The topological polar surface area (TPSA) is 103 Å². The molecule has 0 spiro atoms. The number of carbonyl (C=O) groups excluding carboxylic acids is 1. The highest BCUT2D eigenvalue weighted by Gasteiger charge is 2.21. The minimum atomic E-state index is -3.79. The van der Waals surface area contributed by atoms with Gasteiger partial charge in [-0.1, -0.05) is 47.2 Å². The fourth-order valence-electron chi connectivity index (χ4n) is 2.57. The molecule has 10 heteroatoms. The first-order chi connectivity index (χ1) is 13.7. The van der Waals surface area contributed by atoms with Crippen LogP contribution in [-0.2, 0) is 19.6 Å². The number of nitrogens with two attached hydrogens (primary N) is 1. The average molecular weight is 452 g/mol. The Bertz CT molecular complexity index is 1130. The van der Waals surface area contributed by atoms with Crippen molar-refractivity contribution in [1.82, 2.24) is 4.98 Å². The van der Waals surface area contributed by atoms with Crippen LogP contribution < -0.4 is 10.0 Å². The molecule has 7 nitrogen and oxygen atoms in total. The quantitative estimate of drug-likeness (QED) is 0.618. The minimum absolute atomic E-state index is 0.0198. The van der Waals surface area contributed by atoms with E-state index in [0.717, 1.165) is 16.0 Å². The van der Waals surface area contributed by atoms with Crippen molar-refractivity contribution in [2.75, 3.05) is 25.7 Å². The number of amides is 1. The van der Waals surface area contributed by atoms with Gasteiger partial charge in [0.25, 0.3) is 5.91 Å². The van der Waals surface area contributed by atoms with E-state index >= 15 is 0 Å². The Morgan fingerprint density at radius 2 is 1.72 bits per heavy atom. The number of halogens is 1. The Morgan fingerprint density at radius 1 is 1.14 bits per heavy atom. The van der Waals surface area contributed by atoms with E-state index in [1.165, 1.54) is 35.5 Å². The molecule has 0 radical (unpaired) electrons. The third-order valence-corrected chi connectivity index (χ3v) is 6.47. The summed E-state index contributed by atoms with van der Waals surface area (Å²) in [5.74, 6) is -0.236. The summed E-state index contributed by atoms with van der Waals surface area (Å²) in [7, 11) is -0.714. The summed E-state index contributed by atoms with van der Waals surface area (Å²) in [4.78, 5) is 19.1. The van der Waals surface area contributed by atoms with Crippen LogP contribution in [0.15, 0.2) is 53.4 Å². The first kappa shape index (κ1) is 21.4. The summed E-state index contributed by atoms with van der Waals surface area (Å²) in [6.45, 7) is -0.0647. The van der Waals surface area contributed by atoms with E-state index in [-0.39, 0.29) is 17.4 Å². The Kier molecular flexibility index (Phi) is 6.35. The van der Waals surface area contributed by atoms with Gasteiger partial charge in [-0.15, -0.1) is 0 Å². The maximum atomic E-state index is 12.2. The lowest BCUT2D eigenvalue weighted by Gasteiger charge is -2.12. The molecule has 1 heterocycles. The number of benzene rings is 2. The molecule has 2 N–H and O–H groups in total. The van der Waals surface area contributed by atoms with E-state index in [1.54, 1.807) is 31.3 Å². The molecule has 0 bridgehead atoms. The molecule has 0 atom stereocenters. The van der Waals surface area contributed by atoms with Crippen molar-refractivity contribution in [1.29, 1.82) is 0 Å². The predicted octanol–water partition coefficient (Wildman–Crippen LogP) is 3.39. The number of carbonyl (C=O) groups is 1. The Balaban J connectivity index is 2.11. The summed E-state index contributed by atoms with van der Waals surface area (Å²) in [6.07, 6.45) is 0. The first-order valence-electron chi connectivity index (χ1n) is 8.36. The van der Waals surface area contributed by atoms with Crippen LogP contribution in [0.1, 0.15) is 0 Å². The maximum absolute atomic E-state index is 12.2. The smallest absolute Gasteiger partial charge is 0.254 e. The standard InChI is InChI=1S/C19H18ClN3O4S2/c1-23(16(24)11-27-2)19-22-17(12-3-7-14(20)8-4-12)18(28-19)13-5-9-15(10-6-13)29(21,25)26/h3-10H,11H2,1-2H3,(H2,21,25,26). The molecule has 0 fully saturated rings. The van der Waals surface area contributed by atoms with Crippen LogP contribution in [0.4, 0.5) is 5.13 Å². The summed E-state index contributed by atoms with van der Waals surface area (Å²) >= 11 is 7.31. The lowest BCUT2D eigenvalue weighted by Crippen LogP contribution is -2.29. The summed E-state index contributed by atoms with van der Waals surface area (Å²) in [5, 5.41) is 6.26. The number of ether oxygens (including phenoxy) is 1. The largest absolute Gasteiger partial charge is 0.375 e. The van der Waals surface area contributed by atoms with Crippen molar-refractivity contribution in [2.45, 2.75) is 4.90 Å². The van der Waals surface area contributed by atoms with Crippen LogP contribution in [0.25, 0.3) is 21.7 Å². The van der Waals surface area contributed by atoms with E-state index in [1.807, 2.05) is 12.1 Å².